The van der Waals surface area contributed by atoms with E-state index < -0.39 is 23.1 Å². The predicted molar refractivity (Wildman–Crippen MR) is 114 cm³/mol. The van der Waals surface area contributed by atoms with Crippen LogP contribution in [0.1, 0.15) is 48.0 Å². The van der Waals surface area contributed by atoms with Gasteiger partial charge in [-0.25, -0.2) is 9.78 Å². The van der Waals surface area contributed by atoms with Gasteiger partial charge in [-0.2, -0.15) is 0 Å². The molecule has 2 atom stereocenters. The summed E-state index contributed by atoms with van der Waals surface area (Å²) in [6, 6.07) is 2.20. The molecular weight excluding hydrogens is 443 g/mol. The summed E-state index contributed by atoms with van der Waals surface area (Å²) in [6.45, 7) is 11.2. The lowest BCUT2D eigenvalue weighted by atomic mass is 9.89. The second-order valence-electron chi connectivity index (χ2n) is 9.80. The van der Waals surface area contributed by atoms with Gasteiger partial charge in [0, 0.05) is 25.3 Å². The van der Waals surface area contributed by atoms with Gasteiger partial charge in [-0.05, 0) is 59.1 Å². The largest absolute Gasteiger partial charge is 0.573 e. The molecule has 1 saturated heterocycles. The third-order valence-electron chi connectivity index (χ3n) is 5.02. The molecule has 0 spiro atoms. The normalized spacial score (nSPS) is 19.6. The molecule has 0 unspecified atom stereocenters. The van der Waals surface area contributed by atoms with E-state index in [9.17, 15) is 22.8 Å². The summed E-state index contributed by atoms with van der Waals surface area (Å²) in [4.78, 5) is 30.6. The Balaban J connectivity index is 1.93. The van der Waals surface area contributed by atoms with Crippen molar-refractivity contribution in [2.24, 2.45) is 11.3 Å². The second-order valence-corrected chi connectivity index (χ2v) is 9.80. The van der Waals surface area contributed by atoms with Crippen LogP contribution in [0.25, 0.3) is 0 Å². The summed E-state index contributed by atoms with van der Waals surface area (Å²) in [5.74, 6) is -1.27. The van der Waals surface area contributed by atoms with Gasteiger partial charge in [0.15, 0.2) is 5.75 Å². The van der Waals surface area contributed by atoms with Crippen LogP contribution in [-0.2, 0) is 9.53 Å². The van der Waals surface area contributed by atoms with Gasteiger partial charge >= 0.3 is 12.5 Å². The van der Waals surface area contributed by atoms with Gasteiger partial charge in [0.1, 0.15) is 12.2 Å². The molecule has 11 heteroatoms. The van der Waals surface area contributed by atoms with Crippen LogP contribution in [0.3, 0.4) is 0 Å². The number of pyridine rings is 1. The van der Waals surface area contributed by atoms with E-state index >= 15 is 0 Å². The average molecular weight is 476 g/mol. The highest BCUT2D eigenvalue weighted by atomic mass is 19.4. The highest BCUT2D eigenvalue weighted by molar-refractivity contribution is 5.82. The van der Waals surface area contributed by atoms with E-state index in [1.165, 1.54) is 12.3 Å². The molecule has 0 aromatic carbocycles. The Morgan fingerprint density at radius 2 is 1.88 bits per heavy atom. The van der Waals surface area contributed by atoms with E-state index in [0.29, 0.717) is 19.5 Å². The Labute approximate surface area is 191 Å². The van der Waals surface area contributed by atoms with E-state index in [2.05, 4.69) is 15.0 Å². The number of nitrogens with one attached hydrogen (secondary N) is 1. The fourth-order valence-electron chi connectivity index (χ4n) is 3.22. The van der Waals surface area contributed by atoms with Crippen LogP contribution in [0.4, 0.5) is 18.0 Å². The molecule has 0 bridgehead atoms. The van der Waals surface area contributed by atoms with Gasteiger partial charge < -0.3 is 24.4 Å². The van der Waals surface area contributed by atoms with E-state index in [0.717, 1.165) is 6.07 Å². The summed E-state index contributed by atoms with van der Waals surface area (Å²) < 4.78 is 52.5. The first kappa shape index (κ1) is 26.5. The Morgan fingerprint density at radius 1 is 1.21 bits per heavy atom. The van der Waals surface area contributed by atoms with Crippen molar-refractivity contribution in [2.75, 3.05) is 19.7 Å². The van der Waals surface area contributed by atoms with E-state index in [1.807, 2.05) is 6.92 Å². The van der Waals surface area contributed by atoms with Gasteiger partial charge in [-0.3, -0.25) is 4.79 Å². The summed E-state index contributed by atoms with van der Waals surface area (Å²) >= 11 is 0. The molecule has 0 saturated carbocycles. The summed E-state index contributed by atoms with van der Waals surface area (Å²) in [7, 11) is 0. The van der Waals surface area contributed by atoms with Gasteiger partial charge in [0.2, 0.25) is 5.91 Å². The molecule has 2 heterocycles. The van der Waals surface area contributed by atoms with Crippen LogP contribution in [0.2, 0.25) is 0 Å². The van der Waals surface area contributed by atoms with Gasteiger partial charge in [0.25, 0.3) is 5.88 Å². The average Bonchev–Trinajstić information content (AvgIpc) is 2.66. The molecule has 0 aliphatic carbocycles. The zero-order valence-corrected chi connectivity index (χ0v) is 19.8. The van der Waals surface area contributed by atoms with Crippen molar-refractivity contribution >= 4 is 12.0 Å². The second kappa shape index (κ2) is 10.0. The van der Waals surface area contributed by atoms with Crippen molar-refractivity contribution in [3.05, 3.63) is 18.3 Å². The Kier molecular flexibility index (Phi) is 8.08. The lowest BCUT2D eigenvalue weighted by molar-refractivity contribution is -0.275. The van der Waals surface area contributed by atoms with Crippen LogP contribution < -0.4 is 14.8 Å². The fraction of sp³-hybridized carbons (Fsp3) is 0.682. The number of ether oxygens (including phenoxy) is 3. The third-order valence-corrected chi connectivity index (χ3v) is 5.02. The van der Waals surface area contributed by atoms with Gasteiger partial charge in [-0.15, -0.1) is 13.2 Å². The van der Waals surface area contributed by atoms with Crippen LogP contribution >= 0.6 is 0 Å². The fourth-order valence-corrected chi connectivity index (χ4v) is 3.22. The van der Waals surface area contributed by atoms with E-state index in [1.54, 1.807) is 39.5 Å². The molecule has 2 rings (SSSR count). The van der Waals surface area contributed by atoms with Crippen LogP contribution in [0.5, 0.6) is 11.6 Å². The minimum atomic E-state index is -4.89. The van der Waals surface area contributed by atoms with Crippen molar-refractivity contribution in [1.82, 2.24) is 15.2 Å². The van der Waals surface area contributed by atoms with Crippen LogP contribution in [0, 0.1) is 11.3 Å². The molecule has 33 heavy (non-hydrogen) atoms. The van der Waals surface area contributed by atoms with Crippen molar-refractivity contribution < 1.29 is 37.0 Å². The molecule has 1 N–H and O–H groups in total. The molecule has 1 aromatic rings. The van der Waals surface area contributed by atoms with E-state index in [-0.39, 0.29) is 36.4 Å². The molecule has 1 aliphatic heterocycles. The first-order valence-electron chi connectivity index (χ1n) is 10.7. The third kappa shape index (κ3) is 8.29. The Hall–Kier alpha value is -2.72. The Morgan fingerprint density at radius 3 is 2.45 bits per heavy atom. The minimum Gasteiger partial charge on any atom is -0.474 e. The van der Waals surface area contributed by atoms with Gasteiger partial charge in [0.05, 0.1) is 5.41 Å². The number of hydrogen-bond acceptors (Lipinski definition) is 6. The predicted octanol–water partition coefficient (Wildman–Crippen LogP) is 4.15. The molecule has 186 valence electrons. The van der Waals surface area contributed by atoms with Gasteiger partial charge in [-0.1, -0.05) is 6.92 Å². The highest BCUT2D eigenvalue weighted by Crippen LogP contribution is 2.31. The number of hydrogen-bond donors (Lipinski definition) is 1. The molecule has 1 aromatic heterocycles. The van der Waals surface area contributed by atoms with Crippen LogP contribution in [0.15, 0.2) is 18.3 Å². The maximum Gasteiger partial charge on any atom is 0.573 e. The van der Waals surface area contributed by atoms with Crippen molar-refractivity contribution in [2.45, 2.75) is 66.0 Å². The topological polar surface area (TPSA) is 90.0 Å². The number of piperidine rings is 1. The number of carbonyl (C=O) groups excluding carboxylic acids is 2. The van der Waals surface area contributed by atoms with Crippen molar-refractivity contribution in [3.8, 4) is 11.6 Å². The number of nitrogens with zero attached hydrogens (tertiary/aromatic N) is 2. The maximum atomic E-state index is 12.9. The minimum absolute atomic E-state index is 0.0190. The quantitative estimate of drug-likeness (QED) is 0.665. The van der Waals surface area contributed by atoms with Crippen LogP contribution in [-0.4, -0.2) is 59.6 Å². The highest BCUT2D eigenvalue weighted by Gasteiger charge is 2.37. The number of carbonyl (C=O) groups is 2. The SMILES string of the molecule is C[C@@H]1CN(C(=O)OC(C)(C)C)CC[C@H]1NC(=O)C(C)(C)COc1ncccc1OC(F)(F)F. The van der Waals surface area contributed by atoms with E-state index in [4.69, 9.17) is 9.47 Å². The standard InChI is InChI=1S/C22H32F3N3O5/c1-14-12-28(19(30)33-20(2,3)4)11-9-15(14)27-18(29)21(5,6)13-31-17-16(8-7-10-26-17)32-22(23,24)25/h7-8,10,14-15H,9,11-13H2,1-6H3,(H,27,29)/t14-,15-/m1/s1. The first-order valence-corrected chi connectivity index (χ1v) is 10.7. The monoisotopic (exact) mass is 475 g/mol. The molecule has 8 nitrogen and oxygen atoms in total. The Bertz CT molecular complexity index is 839. The number of alkyl halides is 3. The number of likely N-dealkylation sites (tertiary alicyclic amines) is 1. The summed E-state index contributed by atoms with van der Waals surface area (Å²) in [5.41, 5.74) is -1.65. The lowest BCUT2D eigenvalue weighted by Gasteiger charge is -2.39. The number of rotatable bonds is 6. The number of amides is 2. The smallest absolute Gasteiger partial charge is 0.474 e. The zero-order valence-electron chi connectivity index (χ0n) is 19.8. The van der Waals surface area contributed by atoms with Crippen molar-refractivity contribution in [3.63, 3.8) is 0 Å². The molecule has 1 fully saturated rings. The van der Waals surface area contributed by atoms with Crippen molar-refractivity contribution in [1.29, 1.82) is 0 Å². The number of aromatic nitrogens is 1. The summed E-state index contributed by atoms with van der Waals surface area (Å²) in [5, 5.41) is 2.98. The molecular formula is C22H32F3N3O5. The molecule has 2 amide bonds. The molecule has 1 aliphatic rings. The maximum absolute atomic E-state index is 12.9. The number of halogens is 3. The first-order chi connectivity index (χ1) is 15.1. The zero-order chi connectivity index (χ0) is 25.0. The molecule has 0 radical (unpaired) electrons. The lowest BCUT2D eigenvalue weighted by Crippen LogP contribution is -2.54. The summed E-state index contributed by atoms with van der Waals surface area (Å²) in [6.07, 6.45) is -3.46.